The van der Waals surface area contributed by atoms with Crippen LogP contribution >= 0.6 is 0 Å². The van der Waals surface area contributed by atoms with Gasteiger partial charge in [0.25, 0.3) is 0 Å². The Morgan fingerprint density at radius 2 is 2.11 bits per heavy atom. The van der Waals surface area contributed by atoms with E-state index in [0.717, 1.165) is 29.0 Å². The fourth-order valence-corrected chi connectivity index (χ4v) is 2.31. The third-order valence-corrected chi connectivity index (χ3v) is 3.26. The maximum Gasteiger partial charge on any atom is 0.222 e. The van der Waals surface area contributed by atoms with Gasteiger partial charge in [0.1, 0.15) is 11.4 Å². The van der Waals surface area contributed by atoms with Gasteiger partial charge < -0.3 is 15.0 Å². The Morgan fingerprint density at radius 1 is 1.37 bits per heavy atom. The quantitative estimate of drug-likeness (QED) is 0.912. The Balaban J connectivity index is 2.72. The smallest absolute Gasteiger partial charge is 0.222 e. The molecular weight excluding hydrogens is 240 g/mol. The van der Waals surface area contributed by atoms with Crippen molar-refractivity contribution in [3.63, 3.8) is 0 Å². The summed E-state index contributed by atoms with van der Waals surface area (Å²) >= 11 is 0. The second kappa shape index (κ2) is 5.34. The van der Waals surface area contributed by atoms with Crippen LogP contribution in [-0.4, -0.2) is 12.3 Å². The minimum Gasteiger partial charge on any atom is -0.496 e. The number of rotatable bonds is 4. The van der Waals surface area contributed by atoms with Gasteiger partial charge in [-0.3, -0.25) is 0 Å². The second-order valence-corrected chi connectivity index (χ2v) is 4.84. The lowest BCUT2D eigenvalue weighted by Crippen LogP contribution is -2.00. The molecule has 0 unspecified atom stereocenters. The van der Waals surface area contributed by atoms with Crippen molar-refractivity contribution in [1.29, 1.82) is 0 Å². The number of hydrogen-bond acceptors (Lipinski definition) is 4. The van der Waals surface area contributed by atoms with Crippen LogP contribution in [0.5, 0.6) is 5.75 Å². The Bertz CT molecular complexity index is 574. The molecule has 0 saturated carbocycles. The van der Waals surface area contributed by atoms with E-state index >= 15 is 0 Å². The van der Waals surface area contributed by atoms with Crippen molar-refractivity contribution in [1.82, 2.24) is 5.16 Å². The molecule has 2 rings (SSSR count). The summed E-state index contributed by atoms with van der Waals surface area (Å²) in [5.74, 6) is 1.54. The minimum absolute atomic E-state index is 0.314. The second-order valence-electron chi connectivity index (χ2n) is 4.84. The number of benzene rings is 1. The van der Waals surface area contributed by atoms with Crippen LogP contribution in [-0.2, 0) is 6.42 Å². The van der Waals surface area contributed by atoms with Crippen molar-refractivity contribution in [2.45, 2.75) is 33.1 Å². The third kappa shape index (κ3) is 2.43. The summed E-state index contributed by atoms with van der Waals surface area (Å²) in [6.45, 7) is 6.40. The van der Waals surface area contributed by atoms with Gasteiger partial charge in [0, 0.05) is 11.6 Å². The van der Waals surface area contributed by atoms with Crippen LogP contribution in [0, 0.1) is 0 Å². The summed E-state index contributed by atoms with van der Waals surface area (Å²) in [4.78, 5) is 0. The van der Waals surface area contributed by atoms with Crippen molar-refractivity contribution >= 4 is 5.88 Å². The van der Waals surface area contributed by atoms with E-state index in [2.05, 4.69) is 38.1 Å². The van der Waals surface area contributed by atoms with Crippen LogP contribution in [0.1, 0.15) is 37.8 Å². The van der Waals surface area contributed by atoms with Crippen LogP contribution < -0.4 is 10.5 Å². The third-order valence-electron chi connectivity index (χ3n) is 3.26. The van der Waals surface area contributed by atoms with E-state index in [1.807, 2.05) is 0 Å². The molecule has 1 aromatic heterocycles. The zero-order valence-electron chi connectivity index (χ0n) is 11.9. The van der Waals surface area contributed by atoms with Crippen molar-refractivity contribution in [3.8, 4) is 17.0 Å². The van der Waals surface area contributed by atoms with Crippen LogP contribution in [0.25, 0.3) is 11.3 Å². The number of anilines is 1. The molecule has 0 radical (unpaired) electrons. The topological polar surface area (TPSA) is 61.3 Å². The molecule has 2 N–H and O–H groups in total. The number of nitrogen functional groups attached to an aromatic ring is 1. The molecule has 4 nitrogen and oxygen atoms in total. The molecule has 0 amide bonds. The minimum atomic E-state index is 0.314. The van der Waals surface area contributed by atoms with Crippen LogP contribution in [0.3, 0.4) is 0 Å². The van der Waals surface area contributed by atoms with Gasteiger partial charge in [-0.1, -0.05) is 38.1 Å². The first kappa shape index (κ1) is 13.5. The highest BCUT2D eigenvalue weighted by Crippen LogP contribution is 2.39. The number of aromatic nitrogens is 1. The molecule has 1 heterocycles. The molecule has 0 aliphatic rings. The monoisotopic (exact) mass is 260 g/mol. The summed E-state index contributed by atoms with van der Waals surface area (Å²) < 4.78 is 10.6. The largest absolute Gasteiger partial charge is 0.496 e. The van der Waals surface area contributed by atoms with E-state index in [1.165, 1.54) is 5.56 Å². The lowest BCUT2D eigenvalue weighted by Gasteiger charge is -2.17. The van der Waals surface area contributed by atoms with E-state index in [0.29, 0.717) is 11.8 Å². The van der Waals surface area contributed by atoms with Crippen molar-refractivity contribution < 1.29 is 9.26 Å². The van der Waals surface area contributed by atoms with Gasteiger partial charge in [-0.25, -0.2) is 0 Å². The summed E-state index contributed by atoms with van der Waals surface area (Å²) in [5, 5.41) is 4.03. The van der Waals surface area contributed by atoms with Crippen LogP contribution in [0.15, 0.2) is 22.7 Å². The van der Waals surface area contributed by atoms with E-state index in [4.69, 9.17) is 15.0 Å². The molecule has 0 atom stereocenters. The molecule has 2 aromatic rings. The number of ether oxygens (including phenoxy) is 1. The lowest BCUT2D eigenvalue weighted by atomic mass is 9.91. The highest BCUT2D eigenvalue weighted by atomic mass is 16.5. The standard InChI is InChI=1S/C15H20N2O2/c1-5-10-6-7-11(9(2)3)14(15(10)18-4)12-8-13(16)19-17-12/h6-9H,5,16H2,1-4H3. The first-order chi connectivity index (χ1) is 9.08. The molecule has 19 heavy (non-hydrogen) atoms. The predicted molar refractivity (Wildman–Crippen MR) is 76.4 cm³/mol. The predicted octanol–water partition coefficient (Wildman–Crippen LogP) is 3.62. The maximum absolute atomic E-state index is 5.63. The zero-order valence-corrected chi connectivity index (χ0v) is 11.9. The average Bonchev–Trinajstić information content (AvgIpc) is 2.82. The van der Waals surface area contributed by atoms with Crippen LogP contribution in [0.2, 0.25) is 0 Å². The van der Waals surface area contributed by atoms with Gasteiger partial charge in [-0.15, -0.1) is 0 Å². The highest BCUT2D eigenvalue weighted by Gasteiger charge is 2.19. The van der Waals surface area contributed by atoms with Gasteiger partial charge in [-0.2, -0.15) is 0 Å². The number of nitrogens with zero attached hydrogens (tertiary/aromatic N) is 1. The lowest BCUT2D eigenvalue weighted by molar-refractivity contribution is 0.409. The Kier molecular flexibility index (Phi) is 3.79. The first-order valence-electron chi connectivity index (χ1n) is 6.50. The average molecular weight is 260 g/mol. The maximum atomic E-state index is 5.63. The van der Waals surface area contributed by atoms with E-state index in [-0.39, 0.29) is 0 Å². The summed E-state index contributed by atoms with van der Waals surface area (Å²) in [5.41, 5.74) is 9.69. The molecule has 0 fully saturated rings. The van der Waals surface area contributed by atoms with Gasteiger partial charge in [0.05, 0.1) is 7.11 Å². The summed E-state index contributed by atoms with van der Waals surface area (Å²) in [6.07, 6.45) is 0.905. The van der Waals surface area contributed by atoms with E-state index < -0.39 is 0 Å². The molecule has 4 heteroatoms. The van der Waals surface area contributed by atoms with Crippen molar-refractivity contribution in [2.75, 3.05) is 12.8 Å². The summed E-state index contributed by atoms with van der Waals surface area (Å²) in [7, 11) is 1.69. The number of aryl methyl sites for hydroxylation is 1. The number of methoxy groups -OCH3 is 1. The fraction of sp³-hybridized carbons (Fsp3) is 0.400. The Morgan fingerprint density at radius 3 is 2.58 bits per heavy atom. The van der Waals surface area contributed by atoms with Gasteiger partial charge in [0.15, 0.2) is 0 Å². The van der Waals surface area contributed by atoms with Crippen LogP contribution in [0.4, 0.5) is 5.88 Å². The molecule has 1 aromatic carbocycles. The molecule has 0 spiro atoms. The molecule has 102 valence electrons. The van der Waals surface area contributed by atoms with Gasteiger partial charge in [0.2, 0.25) is 5.88 Å². The van der Waals surface area contributed by atoms with E-state index in [1.54, 1.807) is 13.2 Å². The SMILES string of the molecule is CCc1ccc(C(C)C)c(-c2cc(N)on2)c1OC. The summed E-state index contributed by atoms with van der Waals surface area (Å²) in [6, 6.07) is 5.98. The van der Waals surface area contributed by atoms with E-state index in [9.17, 15) is 0 Å². The molecule has 0 aliphatic heterocycles. The molecular formula is C15H20N2O2. The van der Waals surface area contributed by atoms with Crippen molar-refractivity contribution in [2.24, 2.45) is 0 Å². The highest BCUT2D eigenvalue weighted by molar-refractivity contribution is 5.74. The van der Waals surface area contributed by atoms with Gasteiger partial charge >= 0.3 is 0 Å². The molecule has 0 saturated heterocycles. The number of hydrogen-bond donors (Lipinski definition) is 1. The first-order valence-corrected chi connectivity index (χ1v) is 6.50. The number of nitrogens with two attached hydrogens (primary N) is 1. The Hall–Kier alpha value is -1.97. The molecule has 0 bridgehead atoms. The van der Waals surface area contributed by atoms with Gasteiger partial charge in [-0.05, 0) is 23.5 Å². The fourth-order valence-electron chi connectivity index (χ4n) is 2.31. The normalized spacial score (nSPS) is 11.0. The zero-order chi connectivity index (χ0) is 14.0. The molecule has 0 aliphatic carbocycles. The Labute approximate surface area is 113 Å². The van der Waals surface area contributed by atoms with Crippen molar-refractivity contribution in [3.05, 3.63) is 29.3 Å².